The Morgan fingerprint density at radius 1 is 1.43 bits per heavy atom. The molecular weight excluding hydrogens is 490 g/mol. The van der Waals surface area contributed by atoms with E-state index in [-0.39, 0.29) is 39.3 Å². The Labute approximate surface area is 182 Å². The van der Waals surface area contributed by atoms with Gasteiger partial charge >= 0.3 is 0 Å². The predicted octanol–water partition coefficient (Wildman–Crippen LogP) is 4.57. The second kappa shape index (κ2) is 8.73. The molecule has 1 N–H and O–H groups in total. The van der Waals surface area contributed by atoms with Gasteiger partial charge in [0.25, 0.3) is 11.1 Å². The first-order valence-corrected chi connectivity index (χ1v) is 10.9. The number of thioether (sulfide) groups is 2. The lowest BCUT2D eigenvalue weighted by atomic mass is 10.2. The van der Waals surface area contributed by atoms with E-state index in [1.807, 2.05) is 6.26 Å². The summed E-state index contributed by atoms with van der Waals surface area (Å²) in [5.41, 5.74) is 1.14. The minimum absolute atomic E-state index is 0.0492. The molecular formula is C17H13BrClN3O4S2. The maximum atomic E-state index is 12.1. The van der Waals surface area contributed by atoms with Gasteiger partial charge in [-0.05, 0) is 41.8 Å². The number of carbonyl (C=O) groups excluding carboxylic acids is 2. The van der Waals surface area contributed by atoms with Gasteiger partial charge in [0, 0.05) is 23.3 Å². The third-order valence-electron chi connectivity index (χ3n) is 3.71. The van der Waals surface area contributed by atoms with E-state index in [1.165, 1.54) is 24.9 Å². The summed E-state index contributed by atoms with van der Waals surface area (Å²) in [6.45, 7) is 0.0492. The van der Waals surface area contributed by atoms with E-state index >= 15 is 0 Å². The minimum Gasteiger partial charge on any atom is -0.504 e. The minimum atomic E-state index is -0.379. The summed E-state index contributed by atoms with van der Waals surface area (Å²) < 4.78 is 6.21. The molecule has 28 heavy (non-hydrogen) atoms. The number of phenols is 1. The summed E-state index contributed by atoms with van der Waals surface area (Å²) >= 11 is 11.7. The largest absolute Gasteiger partial charge is 0.504 e. The fourth-order valence-electron chi connectivity index (χ4n) is 2.19. The number of aromatic nitrogens is 2. The number of hydrogen-bond acceptors (Lipinski definition) is 8. The lowest BCUT2D eigenvalue weighted by Gasteiger charge is -2.11. The van der Waals surface area contributed by atoms with Crippen LogP contribution in [0.25, 0.3) is 6.08 Å². The van der Waals surface area contributed by atoms with Crippen LogP contribution in [-0.2, 0) is 11.4 Å². The van der Waals surface area contributed by atoms with Crippen molar-refractivity contribution in [3.63, 3.8) is 0 Å². The van der Waals surface area contributed by atoms with E-state index in [0.29, 0.717) is 20.8 Å². The number of nitrogens with zero attached hydrogens (tertiary/aromatic N) is 3. The van der Waals surface area contributed by atoms with Gasteiger partial charge in [-0.15, -0.1) is 0 Å². The van der Waals surface area contributed by atoms with Crippen LogP contribution >= 0.6 is 51.1 Å². The maximum Gasteiger partial charge on any atom is 0.293 e. The average molecular weight is 503 g/mol. The van der Waals surface area contributed by atoms with Crippen molar-refractivity contribution < 1.29 is 19.4 Å². The molecule has 146 valence electrons. The summed E-state index contributed by atoms with van der Waals surface area (Å²) in [6.07, 6.45) is 4.97. The van der Waals surface area contributed by atoms with Crippen molar-refractivity contribution in [2.75, 3.05) is 13.3 Å². The molecule has 3 rings (SSSR count). The van der Waals surface area contributed by atoms with Crippen molar-refractivity contribution in [1.29, 1.82) is 0 Å². The summed E-state index contributed by atoms with van der Waals surface area (Å²) in [5.74, 6) is -0.282. The molecule has 1 aromatic carbocycles. The molecule has 0 saturated carbocycles. The number of carbonyl (C=O) groups is 2. The Morgan fingerprint density at radius 2 is 2.18 bits per heavy atom. The summed E-state index contributed by atoms with van der Waals surface area (Å²) in [5, 5.41) is 10.6. The van der Waals surface area contributed by atoms with Gasteiger partial charge in [0.1, 0.15) is 11.8 Å². The Kier molecular flexibility index (Phi) is 6.54. The van der Waals surface area contributed by atoms with Gasteiger partial charge in [-0.3, -0.25) is 14.5 Å². The molecule has 1 fully saturated rings. The quantitative estimate of drug-likeness (QED) is 0.275. The highest BCUT2D eigenvalue weighted by Crippen LogP contribution is 2.37. The highest BCUT2D eigenvalue weighted by Gasteiger charge is 2.32. The number of likely N-dealkylation sites (N-methyl/N-ethyl adjacent to an activating group) is 1. The first-order chi connectivity index (χ1) is 13.3. The van der Waals surface area contributed by atoms with E-state index in [1.54, 1.807) is 18.3 Å². The first kappa shape index (κ1) is 21.0. The van der Waals surface area contributed by atoms with Gasteiger partial charge in [-0.25, -0.2) is 9.97 Å². The van der Waals surface area contributed by atoms with E-state index < -0.39 is 0 Å². The molecule has 2 aromatic rings. The molecule has 2 amide bonds. The molecule has 0 spiro atoms. The number of imide groups is 1. The predicted molar refractivity (Wildman–Crippen MR) is 113 cm³/mol. The lowest BCUT2D eigenvalue weighted by Crippen LogP contribution is -2.22. The van der Waals surface area contributed by atoms with Crippen LogP contribution in [0.5, 0.6) is 11.5 Å². The lowest BCUT2D eigenvalue weighted by molar-refractivity contribution is -0.121. The number of ether oxygens (including phenoxy) is 1. The number of hydrogen-bond donors (Lipinski definition) is 1. The number of phenolic OH excluding ortho intramolecular Hbond substituents is 1. The molecule has 0 radical (unpaired) electrons. The highest BCUT2D eigenvalue weighted by molar-refractivity contribution is 9.10. The zero-order valence-electron chi connectivity index (χ0n) is 14.6. The standard InChI is InChI=1S/C17H13BrClN3O4S2/c1-22-15(24)13(28-17(22)25)4-8-3-12(11(23)5-10(8)18)26-7-9-6-20-16(27-2)21-14(9)19/h3-6,23H,7H2,1-2H3/b13-4-. The van der Waals surface area contributed by atoms with Crippen molar-refractivity contribution in [1.82, 2.24) is 14.9 Å². The third kappa shape index (κ3) is 4.45. The second-order valence-electron chi connectivity index (χ2n) is 5.54. The fraction of sp³-hybridized carbons (Fsp3) is 0.176. The maximum absolute atomic E-state index is 12.1. The van der Waals surface area contributed by atoms with E-state index in [4.69, 9.17) is 16.3 Å². The number of rotatable bonds is 5. The molecule has 7 nitrogen and oxygen atoms in total. The Hall–Kier alpha value is -1.75. The van der Waals surface area contributed by atoms with Crippen LogP contribution in [0, 0.1) is 0 Å². The monoisotopic (exact) mass is 501 g/mol. The molecule has 0 aliphatic carbocycles. The van der Waals surface area contributed by atoms with Crippen LogP contribution in [-0.4, -0.2) is 44.4 Å². The normalized spacial score (nSPS) is 15.6. The zero-order valence-corrected chi connectivity index (χ0v) is 18.6. The van der Waals surface area contributed by atoms with Gasteiger partial charge in [-0.2, -0.15) is 0 Å². The molecule has 1 aliphatic heterocycles. The van der Waals surface area contributed by atoms with Crippen LogP contribution in [0.4, 0.5) is 4.79 Å². The zero-order chi connectivity index (χ0) is 20.4. The first-order valence-electron chi connectivity index (χ1n) is 7.72. The highest BCUT2D eigenvalue weighted by atomic mass is 79.9. The molecule has 2 heterocycles. The molecule has 1 aliphatic rings. The van der Waals surface area contributed by atoms with Crippen LogP contribution in [0.1, 0.15) is 11.1 Å². The van der Waals surface area contributed by atoms with Gasteiger partial charge < -0.3 is 9.84 Å². The fourth-order valence-corrected chi connectivity index (χ4v) is 4.03. The summed E-state index contributed by atoms with van der Waals surface area (Å²) in [6, 6.07) is 3.01. The van der Waals surface area contributed by atoms with Crippen molar-refractivity contribution in [3.05, 3.63) is 44.0 Å². The van der Waals surface area contributed by atoms with Crippen LogP contribution in [0.15, 0.2) is 32.9 Å². The van der Waals surface area contributed by atoms with Crippen LogP contribution < -0.4 is 4.74 Å². The van der Waals surface area contributed by atoms with Crippen LogP contribution in [0.3, 0.4) is 0 Å². The Bertz CT molecular complexity index is 1000. The van der Waals surface area contributed by atoms with Crippen molar-refractivity contribution in [2.24, 2.45) is 0 Å². The van der Waals surface area contributed by atoms with Crippen molar-refractivity contribution in [2.45, 2.75) is 11.8 Å². The van der Waals surface area contributed by atoms with Gasteiger partial charge in [0.15, 0.2) is 16.7 Å². The Balaban J connectivity index is 1.84. The number of aromatic hydroxyl groups is 1. The molecule has 0 bridgehead atoms. The third-order valence-corrected chi connectivity index (χ3v) is 6.24. The van der Waals surface area contributed by atoms with E-state index in [2.05, 4.69) is 25.9 Å². The van der Waals surface area contributed by atoms with E-state index in [9.17, 15) is 14.7 Å². The summed E-state index contributed by atoms with van der Waals surface area (Å²) in [7, 11) is 1.42. The molecule has 0 atom stereocenters. The van der Waals surface area contributed by atoms with E-state index in [0.717, 1.165) is 16.7 Å². The average Bonchev–Trinajstić information content (AvgIpc) is 2.90. The topological polar surface area (TPSA) is 92.6 Å². The molecule has 1 saturated heterocycles. The van der Waals surface area contributed by atoms with Crippen LogP contribution in [0.2, 0.25) is 5.15 Å². The Morgan fingerprint density at radius 3 is 2.79 bits per heavy atom. The number of amides is 2. The van der Waals surface area contributed by atoms with Crippen molar-refractivity contribution >= 4 is 68.3 Å². The summed E-state index contributed by atoms with van der Waals surface area (Å²) in [4.78, 5) is 33.3. The smallest absolute Gasteiger partial charge is 0.293 e. The molecule has 0 unspecified atom stereocenters. The number of benzene rings is 1. The SMILES string of the molecule is CSc1ncc(COc2cc(/C=C3\SC(=O)N(C)C3=O)c(Br)cc2O)c(Cl)n1. The number of halogens is 2. The van der Waals surface area contributed by atoms with Gasteiger partial charge in [-0.1, -0.05) is 39.3 Å². The van der Waals surface area contributed by atoms with Gasteiger partial charge in [0.2, 0.25) is 0 Å². The second-order valence-corrected chi connectivity index (χ2v) is 8.52. The van der Waals surface area contributed by atoms with Crippen molar-refractivity contribution in [3.8, 4) is 11.5 Å². The van der Waals surface area contributed by atoms with Gasteiger partial charge in [0.05, 0.1) is 4.91 Å². The molecule has 1 aromatic heterocycles. The molecule has 11 heteroatoms.